The van der Waals surface area contributed by atoms with Gasteiger partial charge in [0, 0.05) is 14.1 Å². The van der Waals surface area contributed by atoms with Crippen LogP contribution in [0.1, 0.15) is 6.92 Å². The Morgan fingerprint density at radius 3 is 2.60 bits per heavy atom. The van der Waals surface area contributed by atoms with Crippen molar-refractivity contribution in [2.75, 3.05) is 27.2 Å². The Labute approximate surface area is 88.2 Å². The number of hydrogen-bond acceptors (Lipinski definition) is 5. The second kappa shape index (κ2) is 4.31. The first-order chi connectivity index (χ1) is 6.99. The van der Waals surface area contributed by atoms with Crippen LogP contribution in [0, 0.1) is 0 Å². The highest BCUT2D eigenvalue weighted by Crippen LogP contribution is 2.17. The molecule has 0 aromatic heterocycles. The van der Waals surface area contributed by atoms with E-state index in [1.807, 2.05) is 0 Å². The summed E-state index contributed by atoms with van der Waals surface area (Å²) in [7, 11) is 3.42. The summed E-state index contributed by atoms with van der Waals surface area (Å²) >= 11 is 0. The van der Waals surface area contributed by atoms with Crippen LogP contribution in [0.4, 0.5) is 0 Å². The van der Waals surface area contributed by atoms with Crippen molar-refractivity contribution in [2.24, 2.45) is 5.73 Å². The first kappa shape index (κ1) is 11.5. The van der Waals surface area contributed by atoms with E-state index in [4.69, 9.17) is 10.5 Å². The maximum Gasteiger partial charge on any atom is 0.338 e. The standard InChI is InChI=1S/C9H15N3O3/c1-4-15-9(14)6-5-12(11(2)3)8(13)7(6)10/h4-5,10H2,1-3H3. The molecule has 1 rings (SSSR count). The van der Waals surface area contributed by atoms with E-state index < -0.39 is 5.97 Å². The number of hydrogen-bond donors (Lipinski definition) is 1. The number of nitrogens with two attached hydrogens (primary N) is 1. The second-order valence-electron chi connectivity index (χ2n) is 3.32. The van der Waals surface area contributed by atoms with E-state index in [9.17, 15) is 9.59 Å². The molecule has 0 fully saturated rings. The number of esters is 1. The molecule has 0 aromatic rings. The van der Waals surface area contributed by atoms with Gasteiger partial charge in [0.25, 0.3) is 5.91 Å². The highest BCUT2D eigenvalue weighted by molar-refractivity contribution is 6.05. The summed E-state index contributed by atoms with van der Waals surface area (Å²) in [6, 6.07) is 0. The minimum atomic E-state index is -0.521. The first-order valence-electron chi connectivity index (χ1n) is 4.63. The molecule has 0 bridgehead atoms. The Kier molecular flexibility index (Phi) is 3.31. The van der Waals surface area contributed by atoms with Gasteiger partial charge in [-0.1, -0.05) is 0 Å². The van der Waals surface area contributed by atoms with E-state index in [0.717, 1.165) is 0 Å². The number of hydrazine groups is 1. The van der Waals surface area contributed by atoms with Crippen LogP contribution >= 0.6 is 0 Å². The number of ether oxygens (including phenoxy) is 1. The highest BCUT2D eigenvalue weighted by Gasteiger charge is 2.34. The van der Waals surface area contributed by atoms with Crippen LogP contribution in [-0.4, -0.2) is 49.1 Å². The molecule has 1 heterocycles. The summed E-state index contributed by atoms with van der Waals surface area (Å²) in [5, 5.41) is 2.96. The summed E-state index contributed by atoms with van der Waals surface area (Å²) in [5.41, 5.74) is 5.75. The van der Waals surface area contributed by atoms with Crippen molar-refractivity contribution in [3.8, 4) is 0 Å². The number of carbonyl (C=O) groups excluding carboxylic acids is 2. The molecule has 15 heavy (non-hydrogen) atoms. The lowest BCUT2D eigenvalue weighted by atomic mass is 10.2. The molecule has 0 saturated carbocycles. The fourth-order valence-electron chi connectivity index (χ4n) is 1.29. The largest absolute Gasteiger partial charge is 0.463 e. The molecule has 1 amide bonds. The molecule has 0 atom stereocenters. The van der Waals surface area contributed by atoms with Crippen LogP contribution < -0.4 is 5.73 Å². The van der Waals surface area contributed by atoms with Gasteiger partial charge in [0.15, 0.2) is 0 Å². The van der Waals surface area contributed by atoms with Crippen molar-refractivity contribution in [3.05, 3.63) is 11.3 Å². The molecule has 0 unspecified atom stereocenters. The molecule has 0 aliphatic carbocycles. The van der Waals surface area contributed by atoms with Gasteiger partial charge in [0.2, 0.25) is 0 Å². The third-order valence-electron chi connectivity index (χ3n) is 2.10. The Hall–Kier alpha value is -1.56. The van der Waals surface area contributed by atoms with Crippen LogP contribution in [0.5, 0.6) is 0 Å². The van der Waals surface area contributed by atoms with Crippen molar-refractivity contribution < 1.29 is 14.3 Å². The molecule has 0 spiro atoms. The summed E-state index contributed by atoms with van der Waals surface area (Å²) in [5.74, 6) is -0.879. The van der Waals surface area contributed by atoms with E-state index in [-0.39, 0.29) is 30.3 Å². The van der Waals surface area contributed by atoms with Crippen molar-refractivity contribution in [3.63, 3.8) is 0 Å². The Bertz CT molecular complexity index is 323. The average molecular weight is 213 g/mol. The number of carbonyl (C=O) groups is 2. The van der Waals surface area contributed by atoms with Crippen LogP contribution in [0.2, 0.25) is 0 Å². The molecular weight excluding hydrogens is 198 g/mol. The lowest BCUT2D eigenvalue weighted by Gasteiger charge is -2.23. The topological polar surface area (TPSA) is 75.9 Å². The predicted molar refractivity (Wildman–Crippen MR) is 53.2 cm³/mol. The predicted octanol–water partition coefficient (Wildman–Crippen LogP) is -0.919. The van der Waals surface area contributed by atoms with Gasteiger partial charge in [-0.05, 0) is 6.92 Å². The molecule has 2 N–H and O–H groups in total. The van der Waals surface area contributed by atoms with Gasteiger partial charge in [0.1, 0.15) is 5.70 Å². The molecule has 6 nitrogen and oxygen atoms in total. The van der Waals surface area contributed by atoms with Gasteiger partial charge in [-0.3, -0.25) is 9.80 Å². The second-order valence-corrected chi connectivity index (χ2v) is 3.32. The molecule has 1 aliphatic heterocycles. The van der Waals surface area contributed by atoms with E-state index in [1.54, 1.807) is 26.0 Å². The lowest BCUT2D eigenvalue weighted by Crippen LogP contribution is -2.40. The molecule has 0 saturated heterocycles. The third kappa shape index (κ3) is 2.10. The normalized spacial score (nSPS) is 16.5. The van der Waals surface area contributed by atoms with E-state index >= 15 is 0 Å². The van der Waals surface area contributed by atoms with Crippen molar-refractivity contribution in [2.45, 2.75) is 6.92 Å². The molecule has 84 valence electrons. The van der Waals surface area contributed by atoms with Crippen molar-refractivity contribution >= 4 is 11.9 Å². The molecular formula is C9H15N3O3. The fourth-order valence-corrected chi connectivity index (χ4v) is 1.29. The zero-order valence-corrected chi connectivity index (χ0v) is 9.11. The summed E-state index contributed by atoms with van der Waals surface area (Å²) in [4.78, 5) is 23.0. The van der Waals surface area contributed by atoms with Crippen LogP contribution in [0.15, 0.2) is 11.3 Å². The number of amides is 1. The van der Waals surface area contributed by atoms with Crippen LogP contribution in [-0.2, 0) is 14.3 Å². The van der Waals surface area contributed by atoms with E-state index in [0.29, 0.717) is 0 Å². The maximum absolute atomic E-state index is 11.6. The van der Waals surface area contributed by atoms with Gasteiger partial charge in [-0.15, -0.1) is 0 Å². The Morgan fingerprint density at radius 1 is 1.60 bits per heavy atom. The minimum absolute atomic E-state index is 0.0258. The fraction of sp³-hybridized carbons (Fsp3) is 0.556. The smallest absolute Gasteiger partial charge is 0.338 e. The molecule has 1 aliphatic rings. The van der Waals surface area contributed by atoms with Gasteiger partial charge < -0.3 is 10.5 Å². The monoisotopic (exact) mass is 213 g/mol. The molecule has 6 heteroatoms. The molecule has 0 aromatic carbocycles. The first-order valence-corrected chi connectivity index (χ1v) is 4.63. The van der Waals surface area contributed by atoms with Gasteiger partial charge in [0.05, 0.1) is 18.7 Å². The summed E-state index contributed by atoms with van der Waals surface area (Å²) < 4.78 is 4.80. The van der Waals surface area contributed by atoms with Crippen LogP contribution in [0.25, 0.3) is 0 Å². The average Bonchev–Trinajstić information content (AvgIpc) is 2.45. The highest BCUT2D eigenvalue weighted by atomic mass is 16.5. The summed E-state index contributed by atoms with van der Waals surface area (Å²) in [6.07, 6.45) is 0. The Morgan fingerprint density at radius 2 is 2.20 bits per heavy atom. The SMILES string of the molecule is CCOC(=O)C1=C(N)C(=O)N(N(C)C)C1. The maximum atomic E-state index is 11.6. The number of nitrogens with zero attached hydrogens (tertiary/aromatic N) is 2. The third-order valence-corrected chi connectivity index (χ3v) is 2.10. The van der Waals surface area contributed by atoms with E-state index in [2.05, 4.69) is 0 Å². The Balaban J connectivity index is 2.84. The number of rotatable bonds is 3. The van der Waals surface area contributed by atoms with Crippen molar-refractivity contribution in [1.29, 1.82) is 0 Å². The zero-order valence-electron chi connectivity index (χ0n) is 9.11. The summed E-state index contributed by atoms with van der Waals surface area (Å²) in [6.45, 7) is 2.15. The van der Waals surface area contributed by atoms with Crippen LogP contribution in [0.3, 0.4) is 0 Å². The van der Waals surface area contributed by atoms with Crippen molar-refractivity contribution in [1.82, 2.24) is 10.0 Å². The quantitative estimate of drug-likeness (QED) is 0.614. The molecule has 0 radical (unpaired) electrons. The van der Waals surface area contributed by atoms with E-state index in [1.165, 1.54) is 5.01 Å². The van der Waals surface area contributed by atoms with Gasteiger partial charge in [-0.2, -0.15) is 0 Å². The lowest BCUT2D eigenvalue weighted by molar-refractivity contribution is -0.139. The van der Waals surface area contributed by atoms with Gasteiger partial charge in [-0.25, -0.2) is 9.80 Å². The minimum Gasteiger partial charge on any atom is -0.463 e. The van der Waals surface area contributed by atoms with Gasteiger partial charge >= 0.3 is 5.97 Å². The zero-order chi connectivity index (χ0) is 11.6.